The van der Waals surface area contributed by atoms with Gasteiger partial charge in [0.15, 0.2) is 5.60 Å². The van der Waals surface area contributed by atoms with E-state index < -0.39 is 125 Å². The molecule has 100 heavy (non-hydrogen) atoms. The minimum atomic E-state index is -2.20. The maximum atomic E-state index is 15.9. The smallest absolute Gasteiger partial charge is 0.408 e. The first-order valence-electron chi connectivity index (χ1n) is 37.8. The van der Waals surface area contributed by atoms with Crippen LogP contribution in [0.4, 0.5) is 4.79 Å². The second-order valence-corrected chi connectivity index (χ2v) is 35.0. The number of benzene rings is 2. The Bertz CT molecular complexity index is 3390. The number of hydrogen-bond acceptors (Lipinski definition) is 15. The lowest BCUT2D eigenvalue weighted by atomic mass is 9.42. The molecule has 2 aromatic carbocycles. The monoisotopic (exact) mass is 1390 g/mol. The molecule has 1 heterocycles. The third-order valence-electron chi connectivity index (χ3n) is 26.5. The molecule has 7 aliphatic carbocycles. The zero-order chi connectivity index (χ0) is 72.9. The molecule has 6 fully saturated rings. The van der Waals surface area contributed by atoms with E-state index in [0.29, 0.717) is 52.7 Å². The number of alkyl carbamates (subject to hydrolysis) is 1. The van der Waals surface area contributed by atoms with E-state index in [2.05, 4.69) is 65.4 Å². The van der Waals surface area contributed by atoms with Gasteiger partial charge in [0.25, 0.3) is 0 Å². The van der Waals surface area contributed by atoms with Crippen LogP contribution in [0.2, 0.25) is 0 Å². The van der Waals surface area contributed by atoms with Crippen LogP contribution in [0.25, 0.3) is 0 Å². The molecule has 2 amide bonds. The van der Waals surface area contributed by atoms with E-state index in [0.717, 1.165) is 54.9 Å². The van der Waals surface area contributed by atoms with Gasteiger partial charge in [-0.15, -0.1) is 0 Å². The number of ether oxygens (including phenoxy) is 7. The Balaban J connectivity index is 0.812. The van der Waals surface area contributed by atoms with Crippen molar-refractivity contribution in [2.24, 2.45) is 74.9 Å². The lowest BCUT2D eigenvalue weighted by Crippen LogP contribution is -2.80. The predicted octanol–water partition coefficient (Wildman–Crippen LogP) is 13.8. The number of nitrogens with zero attached hydrogens (tertiary/aromatic N) is 1. The van der Waals surface area contributed by atoms with Crippen LogP contribution >= 0.6 is 0 Å². The van der Waals surface area contributed by atoms with E-state index in [9.17, 15) is 29.1 Å². The van der Waals surface area contributed by atoms with E-state index in [1.54, 1.807) is 122 Å². The lowest BCUT2D eigenvalue weighted by molar-refractivity contribution is -0.889. The Kier molecular flexibility index (Phi) is 22.7. The number of rotatable bonds is 24. The van der Waals surface area contributed by atoms with Gasteiger partial charge in [-0.1, -0.05) is 149 Å². The standard InChI is InChI=1S/C82H119N3O15/c1-49(2)25-24-26-50(3)60-33-34-61-59-32-31-57-46-58(37-39-78(57,13)62(59)38-40-79(60,61)14)94-44-43-85(16,17)42-41-83-65(87)35-36-66(88)97-69(68(55-27-20-18-21-28-55)84-75(92)100-76(8,9)10)74(91)96-63-47-82(93)72(98-73(90)56-29-22-19-23-30-56)70-80(15,71(89)53(6)67(52(63)5)77(82,11)12)51(4)45-64-81(70,48-95-64)99-54(7)86/h18-23,27-31,49-51,53,58-64,68-70,72,93H,24-26,32-48H2,1-17H3,(H-,83,84,87,92)/p+1/t50-,51+,53-,58+,59?,60-,61?,62?,63+,64-,68+,69-,70+,72+,78+,79-,80-,81+,82-/m1/s1. The van der Waals surface area contributed by atoms with Crippen molar-refractivity contribution < 1.29 is 76.3 Å². The molecule has 0 aromatic heterocycles. The Labute approximate surface area is 595 Å². The number of nitrogens with one attached hydrogen (secondary N) is 2. The van der Waals surface area contributed by atoms with Crippen LogP contribution in [0, 0.1) is 74.9 Å². The summed E-state index contributed by atoms with van der Waals surface area (Å²) in [6.45, 7) is 31.7. The fourth-order valence-electron chi connectivity index (χ4n) is 20.8. The van der Waals surface area contributed by atoms with Crippen LogP contribution in [0.5, 0.6) is 0 Å². The second-order valence-electron chi connectivity index (χ2n) is 35.0. The molecule has 18 heteroatoms. The van der Waals surface area contributed by atoms with Gasteiger partial charge in [-0.25, -0.2) is 14.4 Å². The van der Waals surface area contributed by atoms with Gasteiger partial charge in [0.05, 0.1) is 64.4 Å². The minimum absolute atomic E-state index is 0.145. The maximum absolute atomic E-state index is 15.9. The van der Waals surface area contributed by atoms with Crippen molar-refractivity contribution in [2.75, 3.05) is 46.9 Å². The van der Waals surface area contributed by atoms with Crippen molar-refractivity contribution in [2.45, 2.75) is 254 Å². The second kappa shape index (κ2) is 29.7. The molecule has 18 nitrogen and oxygen atoms in total. The first kappa shape index (κ1) is 76.7. The van der Waals surface area contributed by atoms with E-state index in [1.807, 2.05) is 6.92 Å². The summed E-state index contributed by atoms with van der Waals surface area (Å²) < 4.78 is 44.9. The molecular formula is C82H120N3O15+. The van der Waals surface area contributed by atoms with Gasteiger partial charge in [0, 0.05) is 36.5 Å². The quantitative estimate of drug-likeness (QED) is 0.0384. The van der Waals surface area contributed by atoms with Crippen molar-refractivity contribution in [3.63, 3.8) is 0 Å². The van der Waals surface area contributed by atoms with E-state index in [4.69, 9.17) is 33.2 Å². The van der Waals surface area contributed by atoms with E-state index in [1.165, 1.54) is 64.7 Å². The summed E-state index contributed by atoms with van der Waals surface area (Å²) in [6.07, 6.45) is 9.43. The van der Waals surface area contributed by atoms with Crippen LogP contribution < -0.4 is 10.6 Å². The number of allylic oxidation sites excluding steroid dienone is 1. The average molecular weight is 1390 g/mol. The van der Waals surface area contributed by atoms with Crippen molar-refractivity contribution in [3.8, 4) is 0 Å². The van der Waals surface area contributed by atoms with Gasteiger partial charge >= 0.3 is 30.0 Å². The molecule has 19 atom stereocenters. The van der Waals surface area contributed by atoms with Gasteiger partial charge in [-0.05, 0) is 167 Å². The highest BCUT2D eigenvalue weighted by Gasteiger charge is 2.77. The van der Waals surface area contributed by atoms with Crippen molar-refractivity contribution >= 4 is 41.7 Å². The molecule has 10 rings (SSSR count). The number of hydrogen-bond donors (Lipinski definition) is 3. The molecule has 2 bridgehead atoms. The van der Waals surface area contributed by atoms with Gasteiger partial charge < -0.3 is 53.4 Å². The van der Waals surface area contributed by atoms with Crippen LogP contribution in [-0.4, -0.2) is 146 Å². The summed E-state index contributed by atoms with van der Waals surface area (Å²) in [5.41, 5.74) is -3.82. The van der Waals surface area contributed by atoms with Crippen LogP contribution in [0.3, 0.4) is 0 Å². The Morgan fingerprint density at radius 2 is 1.53 bits per heavy atom. The van der Waals surface area contributed by atoms with Gasteiger partial charge in [-0.3, -0.25) is 19.2 Å². The summed E-state index contributed by atoms with van der Waals surface area (Å²) >= 11 is 0. The third-order valence-corrected chi connectivity index (χ3v) is 26.5. The highest BCUT2D eigenvalue weighted by molar-refractivity contribution is 5.92. The maximum Gasteiger partial charge on any atom is 0.408 e. The molecule has 3 N–H and O–H groups in total. The van der Waals surface area contributed by atoms with Crippen molar-refractivity contribution in [1.82, 2.24) is 10.6 Å². The molecular weight excluding hydrogens is 1270 g/mol. The number of fused-ring (bicyclic) bond motifs is 10. The number of aliphatic hydroxyl groups is 1. The average Bonchev–Trinajstić information content (AvgIpc) is 0.725. The molecule has 3 unspecified atom stereocenters. The van der Waals surface area contributed by atoms with E-state index in [-0.39, 0.29) is 35.9 Å². The highest BCUT2D eigenvalue weighted by Crippen LogP contribution is 2.69. The van der Waals surface area contributed by atoms with E-state index >= 15 is 9.59 Å². The first-order chi connectivity index (χ1) is 46.9. The first-order valence-corrected chi connectivity index (χ1v) is 37.8. The fraction of sp³-hybridized carbons (Fsp3) is 0.720. The van der Waals surface area contributed by atoms with Crippen LogP contribution in [0.15, 0.2) is 83.5 Å². The highest BCUT2D eigenvalue weighted by atomic mass is 16.6. The lowest BCUT2D eigenvalue weighted by Gasteiger charge is -2.68. The summed E-state index contributed by atoms with van der Waals surface area (Å²) in [4.78, 5) is 101. The van der Waals surface area contributed by atoms with Crippen molar-refractivity contribution in [3.05, 3.63) is 94.6 Å². The SMILES string of the molecule is CC(=O)O[C@@]12CO[C@@H]1C[C@H](C)[C@@]1(C)C(=O)[C@H](C)C3=C(C)[C@@H](OC(=O)[C@H](OC(=O)CCC(=O)NCC[N+](C)(C)CCO[C@H]4CC[C@@]5(C)C(=CCC6C5CC[C@@]5(C)C6CC[C@@H]5[C@H](C)CCCC(C)C)C4)[C@@H](NC(=O)OC(C)(C)C)c4ccccc4)C[C@@](O)([C@@H](OC(=O)c4ccccc4)[C@H]21)C3(C)C. The predicted molar refractivity (Wildman–Crippen MR) is 381 cm³/mol. The fourth-order valence-corrected chi connectivity index (χ4v) is 20.8. The number of carbonyl (C=O) groups is 7. The Hall–Kier alpha value is -5.95. The van der Waals surface area contributed by atoms with Crippen LogP contribution in [-0.2, 0) is 57.1 Å². The zero-order valence-electron chi connectivity index (χ0n) is 63.3. The normalized spacial score (nSPS) is 34.5. The Morgan fingerprint density at radius 1 is 0.840 bits per heavy atom. The Morgan fingerprint density at radius 3 is 2.18 bits per heavy atom. The van der Waals surface area contributed by atoms with Crippen molar-refractivity contribution in [1.29, 1.82) is 0 Å². The number of amides is 2. The molecule has 1 aliphatic heterocycles. The summed E-state index contributed by atoms with van der Waals surface area (Å²) in [5.74, 6) is -1.99. The molecule has 8 aliphatic rings. The minimum Gasteiger partial charge on any atom is -0.455 e. The molecule has 0 spiro atoms. The number of likely N-dealkylation sites (N-methyl/N-ethyl adjacent to an activating group) is 1. The van der Waals surface area contributed by atoms with Crippen LogP contribution in [0.1, 0.15) is 222 Å². The van der Waals surface area contributed by atoms with Gasteiger partial charge in [-0.2, -0.15) is 0 Å². The van der Waals surface area contributed by atoms with Gasteiger partial charge in [0.1, 0.15) is 47.9 Å². The summed E-state index contributed by atoms with van der Waals surface area (Å²) in [6, 6.07) is 15.2. The third kappa shape index (κ3) is 15.1. The molecule has 1 saturated heterocycles. The number of esters is 4. The number of ketones is 1. The van der Waals surface area contributed by atoms with Gasteiger partial charge in [0.2, 0.25) is 12.0 Å². The number of quaternary nitrogens is 1. The zero-order valence-corrected chi connectivity index (χ0v) is 63.3. The summed E-state index contributed by atoms with van der Waals surface area (Å²) in [7, 11) is 4.23. The molecule has 5 saturated carbocycles. The number of carbonyl (C=O) groups excluding carboxylic acids is 7. The topological polar surface area (TPSA) is 228 Å². The molecule has 552 valence electrons. The number of Topliss-reactive ketones (excluding diaryl/α,β-unsaturated/α-hetero) is 1. The molecule has 0 radical (unpaired) electrons. The largest absolute Gasteiger partial charge is 0.455 e. The molecule has 2 aromatic rings. The summed E-state index contributed by atoms with van der Waals surface area (Å²) in [5, 5.41) is 19.9.